The maximum absolute atomic E-state index is 12.1. The van der Waals surface area contributed by atoms with Gasteiger partial charge in [0.25, 0.3) is 11.6 Å². The van der Waals surface area contributed by atoms with E-state index in [1.807, 2.05) is 13.8 Å². The van der Waals surface area contributed by atoms with E-state index in [0.717, 1.165) is 18.1 Å². The molecule has 0 bridgehead atoms. The molecule has 0 fully saturated rings. The zero-order valence-corrected chi connectivity index (χ0v) is 16.8. The van der Waals surface area contributed by atoms with E-state index in [4.69, 9.17) is 0 Å². The van der Waals surface area contributed by atoms with Crippen LogP contribution in [0.25, 0.3) is 0 Å². The smallest absolute Gasteiger partial charge is 0.270 e. The molecule has 3 N–H and O–H groups in total. The lowest BCUT2D eigenvalue weighted by molar-refractivity contribution is -0.384. The van der Waals surface area contributed by atoms with Crippen LogP contribution in [0.15, 0.2) is 48.5 Å². The van der Waals surface area contributed by atoms with Crippen LogP contribution in [0, 0.1) is 16.0 Å². The van der Waals surface area contributed by atoms with E-state index in [-0.39, 0.29) is 36.2 Å². The van der Waals surface area contributed by atoms with Gasteiger partial charge in [-0.3, -0.25) is 24.5 Å². The molecule has 0 spiro atoms. The highest BCUT2D eigenvalue weighted by Crippen LogP contribution is 2.14. The summed E-state index contributed by atoms with van der Waals surface area (Å²) in [6, 6.07) is 12.4. The molecule has 2 aromatic rings. The minimum Gasteiger partial charge on any atom is -0.350 e. The van der Waals surface area contributed by atoms with Gasteiger partial charge in [-0.15, -0.1) is 0 Å². The van der Waals surface area contributed by atoms with Crippen LogP contribution >= 0.6 is 0 Å². The Labute approximate surface area is 174 Å². The van der Waals surface area contributed by atoms with Gasteiger partial charge in [-0.25, -0.2) is 0 Å². The van der Waals surface area contributed by atoms with Crippen LogP contribution in [0.5, 0.6) is 0 Å². The number of carbonyl (C=O) groups excluding carboxylic acids is 3. The van der Waals surface area contributed by atoms with Gasteiger partial charge >= 0.3 is 0 Å². The lowest BCUT2D eigenvalue weighted by Crippen LogP contribution is -2.36. The zero-order valence-electron chi connectivity index (χ0n) is 16.8. The number of nitro benzene ring substituents is 1. The fourth-order valence-corrected chi connectivity index (χ4v) is 2.50. The average Bonchev–Trinajstić information content (AvgIpc) is 2.75. The van der Waals surface area contributed by atoms with Crippen molar-refractivity contribution in [1.82, 2.24) is 10.6 Å². The number of nitrogens with one attached hydrogen (secondary N) is 3. The summed E-state index contributed by atoms with van der Waals surface area (Å²) in [5.74, 6) is -1.16. The third-order valence-electron chi connectivity index (χ3n) is 4.47. The molecule has 3 amide bonds. The summed E-state index contributed by atoms with van der Waals surface area (Å²) in [7, 11) is 0. The Morgan fingerprint density at radius 2 is 1.80 bits per heavy atom. The molecule has 2 aromatic carbocycles. The van der Waals surface area contributed by atoms with Crippen LogP contribution < -0.4 is 16.0 Å². The van der Waals surface area contributed by atoms with Crippen LogP contribution in [0.3, 0.4) is 0 Å². The number of hydrogen-bond donors (Lipinski definition) is 3. The van der Waals surface area contributed by atoms with Crippen LogP contribution in [-0.2, 0) is 16.1 Å². The molecule has 0 aromatic heterocycles. The van der Waals surface area contributed by atoms with Crippen molar-refractivity contribution in [3.05, 3.63) is 69.8 Å². The second kappa shape index (κ2) is 10.7. The molecule has 0 aliphatic carbocycles. The molecule has 0 aliphatic rings. The van der Waals surface area contributed by atoms with Crippen molar-refractivity contribution in [1.29, 1.82) is 0 Å². The van der Waals surface area contributed by atoms with Crippen LogP contribution in [0.2, 0.25) is 0 Å². The first-order valence-corrected chi connectivity index (χ1v) is 9.49. The standard InChI is InChI=1S/C21H24N4O5/c1-3-14(2)20(27)24-17-8-4-6-15(10-17)12-22-19(26)13-23-21(28)16-7-5-9-18(11-16)25(29)30/h4-11,14H,3,12-13H2,1-2H3,(H,22,26)(H,23,28)(H,24,27). The summed E-state index contributed by atoms with van der Waals surface area (Å²) < 4.78 is 0. The number of benzene rings is 2. The first kappa shape index (κ1) is 22.5. The van der Waals surface area contributed by atoms with E-state index in [1.54, 1.807) is 24.3 Å². The lowest BCUT2D eigenvalue weighted by atomic mass is 10.1. The Bertz CT molecular complexity index is 944. The number of nitro groups is 1. The molecule has 9 nitrogen and oxygen atoms in total. The van der Waals surface area contributed by atoms with Gasteiger partial charge in [-0.2, -0.15) is 0 Å². The number of rotatable bonds is 9. The Morgan fingerprint density at radius 1 is 1.07 bits per heavy atom. The summed E-state index contributed by atoms with van der Waals surface area (Å²) in [5.41, 5.74) is 1.33. The van der Waals surface area contributed by atoms with Crippen molar-refractivity contribution in [3.8, 4) is 0 Å². The van der Waals surface area contributed by atoms with Gasteiger partial charge in [0.05, 0.1) is 11.5 Å². The number of hydrogen-bond acceptors (Lipinski definition) is 5. The molecule has 158 valence electrons. The molecule has 30 heavy (non-hydrogen) atoms. The lowest BCUT2D eigenvalue weighted by Gasteiger charge is -2.11. The first-order chi connectivity index (χ1) is 14.3. The van der Waals surface area contributed by atoms with Gasteiger partial charge in [-0.05, 0) is 30.2 Å². The molecule has 1 unspecified atom stereocenters. The SMILES string of the molecule is CCC(C)C(=O)Nc1cccc(CNC(=O)CNC(=O)c2cccc([N+](=O)[O-])c2)c1. The third kappa shape index (κ3) is 6.69. The number of non-ortho nitro benzene ring substituents is 1. The Kier molecular flexibility index (Phi) is 8.04. The number of carbonyl (C=O) groups is 3. The predicted molar refractivity (Wildman–Crippen MR) is 112 cm³/mol. The molecular weight excluding hydrogens is 388 g/mol. The maximum Gasteiger partial charge on any atom is 0.270 e. The van der Waals surface area contributed by atoms with Crippen molar-refractivity contribution in [2.75, 3.05) is 11.9 Å². The molecule has 0 aliphatic heterocycles. The predicted octanol–water partition coefficient (Wildman–Crippen LogP) is 2.63. The van der Waals surface area contributed by atoms with E-state index in [2.05, 4.69) is 16.0 Å². The average molecular weight is 412 g/mol. The topological polar surface area (TPSA) is 130 Å². The van der Waals surface area contributed by atoms with E-state index >= 15 is 0 Å². The van der Waals surface area contributed by atoms with Crippen molar-refractivity contribution in [3.63, 3.8) is 0 Å². The summed E-state index contributed by atoms with van der Waals surface area (Å²) in [6.07, 6.45) is 0.740. The van der Waals surface area contributed by atoms with Crippen LogP contribution in [0.1, 0.15) is 36.2 Å². The highest BCUT2D eigenvalue weighted by molar-refractivity contribution is 5.97. The third-order valence-corrected chi connectivity index (χ3v) is 4.47. The van der Waals surface area contributed by atoms with Gasteiger partial charge in [0.1, 0.15) is 0 Å². The largest absolute Gasteiger partial charge is 0.350 e. The second-order valence-electron chi connectivity index (χ2n) is 6.77. The van der Waals surface area contributed by atoms with Gasteiger partial charge < -0.3 is 16.0 Å². The molecule has 2 rings (SSSR count). The Morgan fingerprint density at radius 3 is 2.50 bits per heavy atom. The molecular formula is C21H24N4O5. The summed E-state index contributed by atoms with van der Waals surface area (Å²) in [5, 5.41) is 18.7. The van der Waals surface area contributed by atoms with Crippen molar-refractivity contribution >= 4 is 29.1 Å². The minimum absolute atomic E-state index is 0.0671. The van der Waals surface area contributed by atoms with Gasteiger partial charge in [0, 0.05) is 35.8 Å². The highest BCUT2D eigenvalue weighted by atomic mass is 16.6. The minimum atomic E-state index is -0.594. The van der Waals surface area contributed by atoms with Crippen molar-refractivity contribution in [2.45, 2.75) is 26.8 Å². The monoisotopic (exact) mass is 412 g/mol. The molecule has 9 heteroatoms. The molecule has 0 saturated carbocycles. The number of nitrogens with zero attached hydrogens (tertiary/aromatic N) is 1. The summed E-state index contributed by atoms with van der Waals surface area (Å²) in [4.78, 5) is 46.3. The quantitative estimate of drug-likeness (QED) is 0.430. The maximum atomic E-state index is 12.1. The van der Waals surface area contributed by atoms with Gasteiger partial charge in [0.2, 0.25) is 11.8 Å². The number of anilines is 1. The fourth-order valence-electron chi connectivity index (χ4n) is 2.50. The van der Waals surface area contributed by atoms with E-state index in [9.17, 15) is 24.5 Å². The van der Waals surface area contributed by atoms with E-state index in [0.29, 0.717) is 5.69 Å². The van der Waals surface area contributed by atoms with Crippen LogP contribution in [0.4, 0.5) is 11.4 Å². The Hall–Kier alpha value is -3.75. The van der Waals surface area contributed by atoms with Gasteiger partial charge in [-0.1, -0.05) is 32.0 Å². The van der Waals surface area contributed by atoms with Crippen molar-refractivity contribution in [2.24, 2.45) is 5.92 Å². The van der Waals surface area contributed by atoms with Gasteiger partial charge in [0.15, 0.2) is 0 Å². The van der Waals surface area contributed by atoms with E-state index < -0.39 is 16.7 Å². The normalized spacial score (nSPS) is 11.3. The highest BCUT2D eigenvalue weighted by Gasteiger charge is 2.13. The summed E-state index contributed by atoms with van der Waals surface area (Å²) >= 11 is 0. The van der Waals surface area contributed by atoms with E-state index in [1.165, 1.54) is 18.2 Å². The Balaban J connectivity index is 1.84. The first-order valence-electron chi connectivity index (χ1n) is 9.49. The zero-order chi connectivity index (χ0) is 22.1. The van der Waals surface area contributed by atoms with Crippen LogP contribution in [-0.4, -0.2) is 29.2 Å². The molecule has 0 heterocycles. The fraction of sp³-hybridized carbons (Fsp3) is 0.286. The molecule has 1 atom stereocenters. The molecule has 0 radical (unpaired) electrons. The number of amides is 3. The van der Waals surface area contributed by atoms with Crippen molar-refractivity contribution < 1.29 is 19.3 Å². The second-order valence-corrected chi connectivity index (χ2v) is 6.77. The summed E-state index contributed by atoms with van der Waals surface area (Å²) in [6.45, 7) is 3.74. The molecule has 0 saturated heterocycles.